The first-order valence-corrected chi connectivity index (χ1v) is 9.19. The number of hydrogen-bond acceptors (Lipinski definition) is 2. The van der Waals surface area contributed by atoms with Crippen molar-refractivity contribution in [3.8, 4) is 0 Å². The predicted molar refractivity (Wildman–Crippen MR) is 90.0 cm³/mol. The van der Waals surface area contributed by atoms with Crippen LogP contribution in [0.4, 0.5) is 0 Å². The monoisotopic (exact) mass is 285 g/mol. The first-order chi connectivity index (χ1) is 9.81. The largest absolute Gasteiger partial charge is 0.393 e. The zero-order chi connectivity index (χ0) is 14.9. The van der Waals surface area contributed by atoms with Crippen molar-refractivity contribution < 1.29 is 5.11 Å². The van der Waals surface area contributed by atoms with Crippen LogP contribution in [0.25, 0.3) is 0 Å². The molecule has 0 spiro atoms. The number of aliphatic hydroxyl groups is 1. The van der Waals surface area contributed by atoms with Crippen molar-refractivity contribution in [2.75, 3.05) is 6.54 Å². The highest BCUT2D eigenvalue weighted by Gasteiger charge is 2.02. The van der Waals surface area contributed by atoms with Gasteiger partial charge in [-0.05, 0) is 25.8 Å². The fourth-order valence-corrected chi connectivity index (χ4v) is 2.72. The van der Waals surface area contributed by atoms with Crippen LogP contribution in [0.1, 0.15) is 103 Å². The van der Waals surface area contributed by atoms with Gasteiger partial charge in [0.05, 0.1) is 6.10 Å². The molecule has 0 saturated heterocycles. The third-order valence-corrected chi connectivity index (χ3v) is 4.13. The molecule has 20 heavy (non-hydrogen) atoms. The summed E-state index contributed by atoms with van der Waals surface area (Å²) in [6.45, 7) is 2.98. The molecule has 0 aliphatic carbocycles. The van der Waals surface area contributed by atoms with Crippen LogP contribution in [-0.2, 0) is 0 Å². The van der Waals surface area contributed by atoms with Crippen molar-refractivity contribution in [1.29, 1.82) is 0 Å². The van der Waals surface area contributed by atoms with Crippen molar-refractivity contribution in [1.82, 2.24) is 0 Å². The van der Waals surface area contributed by atoms with E-state index in [1.165, 1.54) is 77.0 Å². The van der Waals surface area contributed by atoms with Crippen molar-refractivity contribution >= 4 is 0 Å². The standard InChI is InChI=1S/C18H39NO/c1-2-3-4-5-6-7-8-9-10-11-12-13-15-18(20)16-14-17-19/h18,20H,2-17,19H2,1H3. The second kappa shape index (κ2) is 17.0. The summed E-state index contributed by atoms with van der Waals surface area (Å²) in [7, 11) is 0. The lowest BCUT2D eigenvalue weighted by Crippen LogP contribution is -2.09. The molecule has 0 aliphatic rings. The molecule has 2 nitrogen and oxygen atoms in total. The minimum absolute atomic E-state index is 0.110. The van der Waals surface area contributed by atoms with Gasteiger partial charge in [0.25, 0.3) is 0 Å². The van der Waals surface area contributed by atoms with Gasteiger partial charge in [-0.15, -0.1) is 0 Å². The molecule has 122 valence electrons. The molecule has 0 amide bonds. The maximum Gasteiger partial charge on any atom is 0.0540 e. The second-order valence-electron chi connectivity index (χ2n) is 6.26. The molecule has 0 rings (SSSR count). The maximum atomic E-state index is 9.69. The lowest BCUT2D eigenvalue weighted by Gasteiger charge is -2.09. The van der Waals surface area contributed by atoms with Gasteiger partial charge in [0.1, 0.15) is 0 Å². The van der Waals surface area contributed by atoms with Crippen LogP contribution in [0.2, 0.25) is 0 Å². The number of aliphatic hydroxyl groups excluding tert-OH is 1. The Hall–Kier alpha value is -0.0800. The molecule has 0 bridgehead atoms. The van der Waals surface area contributed by atoms with Crippen LogP contribution in [0.15, 0.2) is 0 Å². The van der Waals surface area contributed by atoms with E-state index in [1.807, 2.05) is 0 Å². The zero-order valence-corrected chi connectivity index (χ0v) is 13.9. The Labute approximate surface area is 127 Å². The molecule has 0 saturated carbocycles. The highest BCUT2D eigenvalue weighted by atomic mass is 16.3. The van der Waals surface area contributed by atoms with Crippen LogP contribution in [0.3, 0.4) is 0 Å². The number of unbranched alkanes of at least 4 members (excludes halogenated alkanes) is 11. The maximum absolute atomic E-state index is 9.69. The first kappa shape index (κ1) is 19.9. The molecule has 1 unspecified atom stereocenters. The Kier molecular flexibility index (Phi) is 16.9. The normalized spacial score (nSPS) is 12.8. The van der Waals surface area contributed by atoms with Gasteiger partial charge in [-0.1, -0.05) is 84.0 Å². The van der Waals surface area contributed by atoms with Crippen molar-refractivity contribution in [2.24, 2.45) is 5.73 Å². The molecule has 3 N–H and O–H groups in total. The second-order valence-corrected chi connectivity index (χ2v) is 6.26. The van der Waals surface area contributed by atoms with Gasteiger partial charge < -0.3 is 10.8 Å². The van der Waals surface area contributed by atoms with Gasteiger partial charge in [0, 0.05) is 0 Å². The lowest BCUT2D eigenvalue weighted by atomic mass is 10.0. The minimum atomic E-state index is -0.110. The van der Waals surface area contributed by atoms with Gasteiger partial charge >= 0.3 is 0 Å². The summed E-state index contributed by atoms with van der Waals surface area (Å²) < 4.78 is 0. The van der Waals surface area contributed by atoms with E-state index in [9.17, 15) is 5.11 Å². The Balaban J connectivity index is 3.02. The third-order valence-electron chi connectivity index (χ3n) is 4.13. The van der Waals surface area contributed by atoms with E-state index in [0.717, 1.165) is 19.3 Å². The third kappa shape index (κ3) is 16.0. The molecule has 0 radical (unpaired) electrons. The fraction of sp³-hybridized carbons (Fsp3) is 1.00. The van der Waals surface area contributed by atoms with Crippen LogP contribution in [0, 0.1) is 0 Å². The summed E-state index contributed by atoms with van der Waals surface area (Å²) in [6.07, 6.45) is 19.2. The quantitative estimate of drug-likeness (QED) is 0.384. The smallest absolute Gasteiger partial charge is 0.0540 e. The lowest BCUT2D eigenvalue weighted by molar-refractivity contribution is 0.149. The number of hydrogen-bond donors (Lipinski definition) is 2. The summed E-state index contributed by atoms with van der Waals surface area (Å²) in [6, 6.07) is 0. The molecule has 0 aromatic heterocycles. The van der Waals surface area contributed by atoms with E-state index in [0.29, 0.717) is 6.54 Å². The zero-order valence-electron chi connectivity index (χ0n) is 13.9. The van der Waals surface area contributed by atoms with Gasteiger partial charge in [-0.25, -0.2) is 0 Å². The van der Waals surface area contributed by atoms with Crippen LogP contribution >= 0.6 is 0 Å². The number of rotatable bonds is 16. The summed E-state index contributed by atoms with van der Waals surface area (Å²) >= 11 is 0. The summed E-state index contributed by atoms with van der Waals surface area (Å²) in [5, 5.41) is 9.69. The molecular formula is C18H39NO. The predicted octanol–water partition coefficient (Wildman–Crippen LogP) is 5.18. The van der Waals surface area contributed by atoms with E-state index >= 15 is 0 Å². The van der Waals surface area contributed by atoms with E-state index in [-0.39, 0.29) is 6.10 Å². The minimum Gasteiger partial charge on any atom is -0.393 e. The molecule has 0 aromatic rings. The van der Waals surface area contributed by atoms with Crippen molar-refractivity contribution in [2.45, 2.75) is 109 Å². The molecule has 0 aliphatic heterocycles. The van der Waals surface area contributed by atoms with E-state index in [1.54, 1.807) is 0 Å². The Morgan fingerprint density at radius 2 is 1.05 bits per heavy atom. The van der Waals surface area contributed by atoms with Crippen LogP contribution in [-0.4, -0.2) is 17.8 Å². The topological polar surface area (TPSA) is 46.2 Å². The molecule has 0 fully saturated rings. The summed E-state index contributed by atoms with van der Waals surface area (Å²) in [5.41, 5.74) is 5.43. The number of nitrogens with two attached hydrogens (primary N) is 1. The highest BCUT2D eigenvalue weighted by molar-refractivity contribution is 4.57. The van der Waals surface area contributed by atoms with Crippen LogP contribution < -0.4 is 5.73 Å². The Morgan fingerprint density at radius 1 is 0.650 bits per heavy atom. The average Bonchev–Trinajstić information content (AvgIpc) is 2.46. The molecule has 0 heterocycles. The molecule has 2 heteroatoms. The summed E-state index contributed by atoms with van der Waals surface area (Å²) in [4.78, 5) is 0. The molecular weight excluding hydrogens is 246 g/mol. The summed E-state index contributed by atoms with van der Waals surface area (Å²) in [5.74, 6) is 0. The molecule has 1 atom stereocenters. The SMILES string of the molecule is CCCCCCCCCCCCCCC(O)CCCN. The van der Waals surface area contributed by atoms with Gasteiger partial charge in [-0.2, -0.15) is 0 Å². The van der Waals surface area contributed by atoms with Gasteiger partial charge in [0.2, 0.25) is 0 Å². The van der Waals surface area contributed by atoms with Crippen molar-refractivity contribution in [3.05, 3.63) is 0 Å². The Bertz CT molecular complexity index is 173. The van der Waals surface area contributed by atoms with Crippen molar-refractivity contribution in [3.63, 3.8) is 0 Å². The van der Waals surface area contributed by atoms with E-state index in [2.05, 4.69) is 6.92 Å². The fourth-order valence-electron chi connectivity index (χ4n) is 2.72. The first-order valence-electron chi connectivity index (χ1n) is 9.19. The Morgan fingerprint density at radius 3 is 1.50 bits per heavy atom. The van der Waals surface area contributed by atoms with E-state index < -0.39 is 0 Å². The highest BCUT2D eigenvalue weighted by Crippen LogP contribution is 2.13. The average molecular weight is 286 g/mol. The van der Waals surface area contributed by atoms with Gasteiger partial charge in [0.15, 0.2) is 0 Å². The van der Waals surface area contributed by atoms with E-state index in [4.69, 9.17) is 5.73 Å². The molecule has 0 aromatic carbocycles. The van der Waals surface area contributed by atoms with Crippen LogP contribution in [0.5, 0.6) is 0 Å². The van der Waals surface area contributed by atoms with Gasteiger partial charge in [-0.3, -0.25) is 0 Å².